The van der Waals surface area contributed by atoms with Crippen LogP contribution in [0.15, 0.2) is 28.7 Å². The lowest BCUT2D eigenvalue weighted by Gasteiger charge is -2.16. The Morgan fingerprint density at radius 3 is 2.50 bits per heavy atom. The highest BCUT2D eigenvalue weighted by Gasteiger charge is 2.22. The summed E-state index contributed by atoms with van der Waals surface area (Å²) in [6.45, 7) is 0. The van der Waals surface area contributed by atoms with Crippen LogP contribution in [0.5, 0.6) is 0 Å². The number of methoxy groups -OCH3 is 2. The second-order valence-corrected chi connectivity index (χ2v) is 4.36. The number of rotatable bonds is 4. The fourth-order valence-corrected chi connectivity index (χ4v) is 1.87. The molecule has 1 aromatic rings. The smallest absolute Gasteiger partial charge is 0.407 e. The molecule has 1 amide bonds. The molecule has 6 heteroatoms. The van der Waals surface area contributed by atoms with Gasteiger partial charge in [-0.25, -0.2) is 9.59 Å². The van der Waals surface area contributed by atoms with Crippen molar-refractivity contribution in [2.75, 3.05) is 14.2 Å². The van der Waals surface area contributed by atoms with Crippen LogP contribution >= 0.6 is 15.9 Å². The minimum absolute atomic E-state index is 0.323. The van der Waals surface area contributed by atoms with Crippen LogP contribution in [0.1, 0.15) is 5.56 Å². The lowest BCUT2D eigenvalue weighted by atomic mass is 10.1. The summed E-state index contributed by atoms with van der Waals surface area (Å²) in [7, 11) is 2.51. The maximum absolute atomic E-state index is 11.6. The first-order chi connectivity index (χ1) is 8.58. The Balaban J connectivity index is 2.82. The molecule has 0 aliphatic heterocycles. The van der Waals surface area contributed by atoms with Gasteiger partial charge in [-0.1, -0.05) is 34.1 Å². The Bertz CT molecular complexity index is 436. The van der Waals surface area contributed by atoms with E-state index in [2.05, 4.69) is 30.7 Å². The van der Waals surface area contributed by atoms with Gasteiger partial charge in [-0.05, 0) is 11.6 Å². The molecule has 0 radical (unpaired) electrons. The van der Waals surface area contributed by atoms with E-state index in [1.807, 2.05) is 24.3 Å². The predicted molar refractivity (Wildman–Crippen MR) is 69.2 cm³/mol. The van der Waals surface area contributed by atoms with Gasteiger partial charge in [-0.2, -0.15) is 0 Å². The van der Waals surface area contributed by atoms with E-state index in [-0.39, 0.29) is 0 Å². The molecule has 1 rings (SSSR count). The van der Waals surface area contributed by atoms with E-state index in [0.717, 1.165) is 10.0 Å². The van der Waals surface area contributed by atoms with Crippen molar-refractivity contribution in [1.82, 2.24) is 5.32 Å². The summed E-state index contributed by atoms with van der Waals surface area (Å²) in [4.78, 5) is 22.7. The van der Waals surface area contributed by atoms with Gasteiger partial charge in [-0.15, -0.1) is 0 Å². The van der Waals surface area contributed by atoms with Gasteiger partial charge < -0.3 is 14.8 Å². The van der Waals surface area contributed by atoms with Crippen molar-refractivity contribution in [3.05, 3.63) is 34.3 Å². The van der Waals surface area contributed by atoms with Crippen molar-refractivity contribution in [2.45, 2.75) is 12.5 Å². The van der Waals surface area contributed by atoms with Gasteiger partial charge in [0.05, 0.1) is 14.2 Å². The Kier molecular flexibility index (Phi) is 5.64. The average Bonchev–Trinajstić information content (AvgIpc) is 2.39. The predicted octanol–water partition coefficient (Wildman–Crippen LogP) is 1.89. The lowest BCUT2D eigenvalue weighted by molar-refractivity contribution is -0.142. The molecule has 0 heterocycles. The van der Waals surface area contributed by atoms with Gasteiger partial charge in [0.2, 0.25) is 0 Å². The Morgan fingerprint density at radius 1 is 1.28 bits per heavy atom. The number of nitrogens with one attached hydrogen (secondary N) is 1. The first kappa shape index (κ1) is 14.5. The number of alkyl carbamates (subject to hydrolysis) is 1. The molecule has 5 nitrogen and oxygen atoms in total. The molecule has 0 saturated heterocycles. The van der Waals surface area contributed by atoms with Crippen LogP contribution in [0, 0.1) is 0 Å². The third kappa shape index (κ3) is 4.03. The number of esters is 1. The molecule has 0 aromatic heterocycles. The summed E-state index contributed by atoms with van der Waals surface area (Å²) >= 11 is 3.38. The molecule has 1 atom stereocenters. The molecule has 0 aliphatic carbocycles. The molecule has 0 aliphatic rings. The quantitative estimate of drug-likeness (QED) is 0.862. The number of amides is 1. The van der Waals surface area contributed by atoms with Gasteiger partial charge in [0.15, 0.2) is 0 Å². The van der Waals surface area contributed by atoms with E-state index in [0.29, 0.717) is 6.42 Å². The standard InChI is InChI=1S/C12H14BrNO4/c1-17-11(15)10(14-12(16)18-2)7-8-5-3-4-6-9(8)13/h3-6,10H,7H2,1-2H3,(H,14,16)/t10-/m0/s1. The van der Waals surface area contributed by atoms with Crippen LogP contribution in [0.25, 0.3) is 0 Å². The van der Waals surface area contributed by atoms with Crippen molar-refractivity contribution in [3.8, 4) is 0 Å². The van der Waals surface area contributed by atoms with Gasteiger partial charge in [0.1, 0.15) is 6.04 Å². The zero-order chi connectivity index (χ0) is 13.5. The molecule has 0 fully saturated rings. The molecule has 1 aromatic carbocycles. The zero-order valence-electron chi connectivity index (χ0n) is 10.1. The summed E-state index contributed by atoms with van der Waals surface area (Å²) in [5.41, 5.74) is 0.893. The summed E-state index contributed by atoms with van der Waals surface area (Å²) in [6, 6.07) is 6.67. The fraction of sp³-hybridized carbons (Fsp3) is 0.333. The molecule has 0 spiro atoms. The number of benzene rings is 1. The van der Waals surface area contributed by atoms with Gasteiger partial charge in [0.25, 0.3) is 0 Å². The largest absolute Gasteiger partial charge is 0.467 e. The third-order valence-electron chi connectivity index (χ3n) is 2.35. The highest BCUT2D eigenvalue weighted by Crippen LogP contribution is 2.17. The van der Waals surface area contributed by atoms with E-state index < -0.39 is 18.1 Å². The molecule has 1 N–H and O–H groups in total. The highest BCUT2D eigenvalue weighted by molar-refractivity contribution is 9.10. The Labute approximate surface area is 114 Å². The van der Waals surface area contributed by atoms with Gasteiger partial charge in [0, 0.05) is 10.9 Å². The van der Waals surface area contributed by atoms with Crippen LogP contribution in [-0.4, -0.2) is 32.3 Å². The first-order valence-corrected chi connectivity index (χ1v) is 6.03. The minimum Gasteiger partial charge on any atom is -0.467 e. The lowest BCUT2D eigenvalue weighted by Crippen LogP contribution is -2.43. The number of hydrogen-bond acceptors (Lipinski definition) is 4. The van der Waals surface area contributed by atoms with Gasteiger partial charge >= 0.3 is 12.1 Å². The average molecular weight is 316 g/mol. The van der Waals surface area contributed by atoms with Gasteiger partial charge in [-0.3, -0.25) is 0 Å². The van der Waals surface area contributed by atoms with E-state index in [9.17, 15) is 9.59 Å². The maximum Gasteiger partial charge on any atom is 0.407 e. The highest BCUT2D eigenvalue weighted by atomic mass is 79.9. The second kappa shape index (κ2) is 7.00. The molecular formula is C12H14BrNO4. The monoisotopic (exact) mass is 315 g/mol. The molecule has 0 bridgehead atoms. The van der Waals surface area contributed by atoms with Crippen LogP contribution in [0.3, 0.4) is 0 Å². The number of carbonyl (C=O) groups is 2. The van der Waals surface area contributed by atoms with E-state index in [1.54, 1.807) is 0 Å². The summed E-state index contributed by atoms with van der Waals surface area (Å²) in [5.74, 6) is -0.517. The minimum atomic E-state index is -0.777. The number of hydrogen-bond donors (Lipinski definition) is 1. The fourth-order valence-electron chi connectivity index (χ4n) is 1.42. The maximum atomic E-state index is 11.6. The van der Waals surface area contributed by atoms with Crippen molar-refractivity contribution in [3.63, 3.8) is 0 Å². The van der Waals surface area contributed by atoms with E-state index in [4.69, 9.17) is 0 Å². The van der Waals surface area contributed by atoms with Crippen molar-refractivity contribution in [2.24, 2.45) is 0 Å². The SMILES string of the molecule is COC(=O)N[C@@H](Cc1ccccc1Br)C(=O)OC. The first-order valence-electron chi connectivity index (χ1n) is 5.24. The zero-order valence-corrected chi connectivity index (χ0v) is 11.7. The topological polar surface area (TPSA) is 64.6 Å². The van der Waals surface area contributed by atoms with E-state index in [1.165, 1.54) is 14.2 Å². The van der Waals surface area contributed by atoms with Crippen molar-refractivity contribution < 1.29 is 19.1 Å². The van der Waals surface area contributed by atoms with Crippen LogP contribution < -0.4 is 5.32 Å². The number of halogens is 1. The number of carbonyl (C=O) groups excluding carboxylic acids is 2. The summed E-state index contributed by atoms with van der Waals surface area (Å²) in [5, 5.41) is 2.44. The van der Waals surface area contributed by atoms with E-state index >= 15 is 0 Å². The van der Waals surface area contributed by atoms with Crippen molar-refractivity contribution in [1.29, 1.82) is 0 Å². The molecule has 18 heavy (non-hydrogen) atoms. The Morgan fingerprint density at radius 2 is 1.94 bits per heavy atom. The number of ether oxygens (including phenoxy) is 2. The van der Waals surface area contributed by atoms with Crippen LogP contribution in [0.4, 0.5) is 4.79 Å². The normalized spacial score (nSPS) is 11.5. The summed E-state index contributed by atoms with van der Waals surface area (Å²) in [6.07, 6.45) is -0.346. The third-order valence-corrected chi connectivity index (χ3v) is 3.12. The molecule has 98 valence electrons. The molecule has 0 unspecified atom stereocenters. The Hall–Kier alpha value is -1.56. The second-order valence-electron chi connectivity index (χ2n) is 3.51. The molecular weight excluding hydrogens is 302 g/mol. The molecule has 0 saturated carbocycles. The summed E-state index contributed by atoms with van der Waals surface area (Å²) < 4.78 is 9.99. The van der Waals surface area contributed by atoms with Crippen molar-refractivity contribution >= 4 is 28.0 Å². The van der Waals surface area contributed by atoms with Crippen LogP contribution in [-0.2, 0) is 20.7 Å². The van der Waals surface area contributed by atoms with Crippen LogP contribution in [0.2, 0.25) is 0 Å².